The van der Waals surface area contributed by atoms with Crippen molar-refractivity contribution in [2.45, 2.75) is 33.1 Å². The Labute approximate surface area is 123 Å². The summed E-state index contributed by atoms with van der Waals surface area (Å²) < 4.78 is 13.6. The Morgan fingerprint density at radius 3 is 2.76 bits per heavy atom. The van der Waals surface area contributed by atoms with E-state index in [1.54, 1.807) is 6.07 Å². The second-order valence-electron chi connectivity index (χ2n) is 5.75. The number of nitrogens with zero attached hydrogens (tertiary/aromatic N) is 3. The lowest BCUT2D eigenvalue weighted by atomic mass is 10.1. The highest BCUT2D eigenvalue weighted by molar-refractivity contribution is 5.71. The maximum absolute atomic E-state index is 13.6. The summed E-state index contributed by atoms with van der Waals surface area (Å²) in [6.07, 6.45) is 0.885. The largest absolute Gasteiger partial charge is 0.383 e. The topological polar surface area (TPSA) is 55.0 Å². The summed E-state index contributed by atoms with van der Waals surface area (Å²) in [6.45, 7) is 6.76. The fourth-order valence-electron chi connectivity index (χ4n) is 2.63. The third-order valence-corrected chi connectivity index (χ3v) is 3.89. The predicted octanol–water partition coefficient (Wildman–Crippen LogP) is 3.32. The molecule has 4 nitrogen and oxygen atoms in total. The van der Waals surface area contributed by atoms with Crippen LogP contribution in [0, 0.1) is 12.7 Å². The summed E-state index contributed by atoms with van der Waals surface area (Å²) in [5.74, 6) is 1.97. The van der Waals surface area contributed by atoms with E-state index in [0.29, 0.717) is 5.82 Å². The highest BCUT2D eigenvalue weighted by Crippen LogP contribution is 2.36. The monoisotopic (exact) mass is 286 g/mol. The molecule has 2 heterocycles. The highest BCUT2D eigenvalue weighted by Gasteiger charge is 2.25. The maximum atomic E-state index is 13.6. The van der Waals surface area contributed by atoms with Crippen LogP contribution in [0.5, 0.6) is 0 Å². The quantitative estimate of drug-likeness (QED) is 0.920. The molecular weight excluding hydrogens is 267 g/mol. The summed E-state index contributed by atoms with van der Waals surface area (Å²) in [6, 6.07) is 4.91. The maximum Gasteiger partial charge on any atom is 0.141 e. The molecule has 0 fully saturated rings. The van der Waals surface area contributed by atoms with Crippen LogP contribution in [0.2, 0.25) is 0 Å². The molecule has 0 atom stereocenters. The molecule has 0 unspecified atom stereocenters. The molecule has 1 aromatic heterocycles. The van der Waals surface area contributed by atoms with Gasteiger partial charge in [-0.3, -0.25) is 0 Å². The van der Waals surface area contributed by atoms with Crippen LogP contribution in [0.4, 0.5) is 21.7 Å². The molecule has 2 N–H and O–H groups in total. The number of benzene rings is 1. The van der Waals surface area contributed by atoms with Gasteiger partial charge in [0.25, 0.3) is 0 Å². The van der Waals surface area contributed by atoms with Gasteiger partial charge in [0.15, 0.2) is 0 Å². The Morgan fingerprint density at radius 2 is 2.05 bits per heavy atom. The van der Waals surface area contributed by atoms with Crippen molar-refractivity contribution in [2.24, 2.45) is 0 Å². The first-order chi connectivity index (χ1) is 9.97. The number of nitrogen functional groups attached to an aromatic ring is 1. The zero-order valence-corrected chi connectivity index (χ0v) is 12.5. The molecule has 1 aromatic carbocycles. The van der Waals surface area contributed by atoms with Crippen molar-refractivity contribution in [1.82, 2.24) is 9.97 Å². The van der Waals surface area contributed by atoms with Crippen LogP contribution in [0.3, 0.4) is 0 Å². The lowest BCUT2D eigenvalue weighted by Gasteiger charge is -2.22. The second kappa shape index (κ2) is 4.98. The van der Waals surface area contributed by atoms with E-state index in [1.807, 2.05) is 31.7 Å². The van der Waals surface area contributed by atoms with Crippen LogP contribution in [0.15, 0.2) is 18.2 Å². The lowest BCUT2D eigenvalue weighted by molar-refractivity contribution is 0.628. The van der Waals surface area contributed by atoms with Crippen LogP contribution in [-0.4, -0.2) is 16.5 Å². The van der Waals surface area contributed by atoms with Gasteiger partial charge in [0.1, 0.15) is 23.3 Å². The van der Waals surface area contributed by atoms with E-state index >= 15 is 0 Å². The molecule has 0 saturated carbocycles. The Hall–Kier alpha value is -2.17. The molecule has 21 heavy (non-hydrogen) atoms. The third kappa shape index (κ3) is 2.33. The van der Waals surface area contributed by atoms with Crippen LogP contribution in [0.25, 0.3) is 0 Å². The van der Waals surface area contributed by atoms with Gasteiger partial charge in [0.2, 0.25) is 0 Å². The minimum atomic E-state index is -0.232. The van der Waals surface area contributed by atoms with E-state index in [2.05, 4.69) is 9.97 Å². The van der Waals surface area contributed by atoms with Crippen molar-refractivity contribution >= 4 is 17.3 Å². The number of fused-ring (bicyclic) bond motifs is 1. The van der Waals surface area contributed by atoms with Gasteiger partial charge in [-0.25, -0.2) is 14.4 Å². The van der Waals surface area contributed by atoms with Crippen LogP contribution in [-0.2, 0) is 6.42 Å². The van der Waals surface area contributed by atoms with E-state index in [0.717, 1.165) is 41.4 Å². The zero-order chi connectivity index (χ0) is 15.1. The third-order valence-electron chi connectivity index (χ3n) is 3.89. The van der Waals surface area contributed by atoms with Gasteiger partial charge >= 0.3 is 0 Å². The highest BCUT2D eigenvalue weighted by atomic mass is 19.1. The molecule has 2 aromatic rings. The Bertz CT molecular complexity index is 697. The summed E-state index contributed by atoms with van der Waals surface area (Å²) in [4.78, 5) is 11.0. The summed E-state index contributed by atoms with van der Waals surface area (Å²) in [7, 11) is 0. The summed E-state index contributed by atoms with van der Waals surface area (Å²) in [5, 5.41) is 0. The standard InChI is InChI=1S/C16H19FN4/c1-9(2)15-19-14(18)10(3)16(20-15)21-7-6-11-4-5-12(17)8-13(11)21/h4-5,8-9H,6-7H2,1-3H3,(H2,18,19,20). The molecule has 3 rings (SSSR count). The van der Waals surface area contributed by atoms with Crippen molar-refractivity contribution in [3.63, 3.8) is 0 Å². The van der Waals surface area contributed by atoms with Crippen molar-refractivity contribution in [1.29, 1.82) is 0 Å². The molecule has 1 aliphatic rings. The van der Waals surface area contributed by atoms with E-state index in [9.17, 15) is 4.39 Å². The number of hydrogen-bond acceptors (Lipinski definition) is 4. The molecule has 0 aliphatic carbocycles. The average Bonchev–Trinajstić information content (AvgIpc) is 2.84. The molecule has 5 heteroatoms. The van der Waals surface area contributed by atoms with Gasteiger partial charge in [-0.05, 0) is 31.0 Å². The lowest BCUT2D eigenvalue weighted by Crippen LogP contribution is -2.19. The van der Waals surface area contributed by atoms with Crippen molar-refractivity contribution in [3.05, 3.63) is 41.0 Å². The van der Waals surface area contributed by atoms with Crippen LogP contribution >= 0.6 is 0 Å². The Balaban J connectivity index is 2.13. The van der Waals surface area contributed by atoms with Gasteiger partial charge in [-0.15, -0.1) is 0 Å². The number of aromatic nitrogens is 2. The van der Waals surface area contributed by atoms with Crippen LogP contribution < -0.4 is 10.6 Å². The van der Waals surface area contributed by atoms with Gasteiger partial charge in [0.05, 0.1) is 0 Å². The zero-order valence-electron chi connectivity index (χ0n) is 12.5. The number of anilines is 3. The number of hydrogen-bond donors (Lipinski definition) is 1. The van der Waals surface area contributed by atoms with E-state index in [-0.39, 0.29) is 11.7 Å². The fraction of sp³-hybridized carbons (Fsp3) is 0.375. The van der Waals surface area contributed by atoms with Gasteiger partial charge in [-0.1, -0.05) is 19.9 Å². The molecule has 0 amide bonds. The number of nitrogens with two attached hydrogens (primary N) is 1. The van der Waals surface area contributed by atoms with E-state index < -0.39 is 0 Å². The minimum absolute atomic E-state index is 0.196. The average molecular weight is 286 g/mol. The SMILES string of the molecule is Cc1c(N)nc(C(C)C)nc1N1CCc2ccc(F)cc21. The Morgan fingerprint density at radius 1 is 1.29 bits per heavy atom. The summed E-state index contributed by atoms with van der Waals surface area (Å²) in [5.41, 5.74) is 8.89. The van der Waals surface area contributed by atoms with E-state index in [4.69, 9.17) is 5.73 Å². The van der Waals surface area contributed by atoms with E-state index in [1.165, 1.54) is 6.07 Å². The smallest absolute Gasteiger partial charge is 0.141 e. The summed E-state index contributed by atoms with van der Waals surface area (Å²) >= 11 is 0. The first-order valence-electron chi connectivity index (χ1n) is 7.17. The molecule has 1 aliphatic heterocycles. The van der Waals surface area contributed by atoms with Crippen LogP contribution in [0.1, 0.15) is 36.7 Å². The van der Waals surface area contributed by atoms with Gasteiger partial charge in [-0.2, -0.15) is 0 Å². The molecular formula is C16H19FN4. The second-order valence-corrected chi connectivity index (χ2v) is 5.75. The van der Waals surface area contributed by atoms with Gasteiger partial charge in [0, 0.05) is 23.7 Å². The minimum Gasteiger partial charge on any atom is -0.383 e. The predicted molar refractivity (Wildman–Crippen MR) is 82.4 cm³/mol. The van der Waals surface area contributed by atoms with Gasteiger partial charge < -0.3 is 10.6 Å². The molecule has 0 saturated heterocycles. The number of rotatable bonds is 2. The molecule has 0 spiro atoms. The normalized spacial score (nSPS) is 13.9. The fourth-order valence-corrected chi connectivity index (χ4v) is 2.63. The first kappa shape index (κ1) is 13.8. The van der Waals surface area contributed by atoms with Crippen molar-refractivity contribution < 1.29 is 4.39 Å². The van der Waals surface area contributed by atoms with Crippen molar-refractivity contribution in [3.8, 4) is 0 Å². The molecule has 0 bridgehead atoms. The first-order valence-corrected chi connectivity index (χ1v) is 7.17. The molecule has 110 valence electrons. The number of halogens is 1. The molecule has 0 radical (unpaired) electrons. The van der Waals surface area contributed by atoms with Crippen molar-refractivity contribution in [2.75, 3.05) is 17.2 Å². The Kier molecular flexibility index (Phi) is 3.27.